The lowest BCUT2D eigenvalue weighted by atomic mass is 9.69. The number of para-hydroxylation sites is 1. The monoisotopic (exact) mass is 458 g/mol. The summed E-state index contributed by atoms with van der Waals surface area (Å²) in [6, 6.07) is 12.0. The van der Waals surface area contributed by atoms with Crippen LogP contribution in [0.15, 0.2) is 47.4 Å². The minimum absolute atomic E-state index is 0.00670. The van der Waals surface area contributed by atoms with Crippen LogP contribution in [0.5, 0.6) is 0 Å². The maximum absolute atomic E-state index is 12.6. The molecule has 1 saturated carbocycles. The average Bonchev–Trinajstić information content (AvgIpc) is 3.39. The number of carbonyl (C=O) groups is 1. The number of nitrogens with one attached hydrogen (secondary N) is 2. The molecule has 2 bridgehead atoms. The Bertz CT molecular complexity index is 1270. The molecule has 0 radical (unpaired) electrons. The van der Waals surface area contributed by atoms with Gasteiger partial charge in [0.15, 0.2) is 0 Å². The van der Waals surface area contributed by atoms with Crippen molar-refractivity contribution >= 4 is 22.5 Å². The highest BCUT2D eigenvalue weighted by Gasteiger charge is 2.57. The van der Waals surface area contributed by atoms with Gasteiger partial charge in [-0.05, 0) is 55.9 Å². The fraction of sp³-hybridized carbons (Fsp3) is 0.462. The molecule has 0 unspecified atom stereocenters. The highest BCUT2D eigenvalue weighted by Crippen LogP contribution is 2.52. The van der Waals surface area contributed by atoms with Gasteiger partial charge in [0, 0.05) is 44.7 Å². The van der Waals surface area contributed by atoms with Gasteiger partial charge in [-0.2, -0.15) is 0 Å². The zero-order valence-corrected chi connectivity index (χ0v) is 19.5. The van der Waals surface area contributed by atoms with Crippen LogP contribution in [0.3, 0.4) is 0 Å². The van der Waals surface area contributed by atoms with Crippen molar-refractivity contribution in [3.63, 3.8) is 0 Å². The Balaban J connectivity index is 1.07. The van der Waals surface area contributed by atoms with Crippen molar-refractivity contribution in [2.75, 3.05) is 38.1 Å². The fourth-order valence-electron chi connectivity index (χ4n) is 6.11. The van der Waals surface area contributed by atoms with Crippen molar-refractivity contribution in [2.24, 2.45) is 5.92 Å². The van der Waals surface area contributed by atoms with Crippen LogP contribution < -0.4 is 15.8 Å². The van der Waals surface area contributed by atoms with E-state index in [0.29, 0.717) is 23.0 Å². The molecule has 8 nitrogen and oxygen atoms in total. The predicted molar refractivity (Wildman–Crippen MR) is 131 cm³/mol. The number of piperidine rings is 1. The van der Waals surface area contributed by atoms with Crippen molar-refractivity contribution in [2.45, 2.75) is 37.1 Å². The lowest BCUT2D eigenvalue weighted by Gasteiger charge is -2.37. The first kappa shape index (κ1) is 21.3. The Hall–Kier alpha value is -3.26. The number of rotatable bonds is 5. The van der Waals surface area contributed by atoms with E-state index < -0.39 is 0 Å². The highest BCUT2D eigenvalue weighted by atomic mass is 16.1. The Kier molecular flexibility index (Phi) is 5.13. The summed E-state index contributed by atoms with van der Waals surface area (Å²) in [6.07, 6.45) is 6.30. The number of aromatic nitrogens is 3. The molecule has 4 fully saturated rings. The number of fused-ring (bicyclic) bond motifs is 2. The molecule has 0 spiro atoms. The number of H-pyrrole nitrogens is 1. The Morgan fingerprint density at radius 3 is 2.71 bits per heavy atom. The standard InChI is InChI=1S/C26H30N6O2/c1-27-24(34)22-7-6-18(14-28-22)31-10-8-17(9-11-31)15-32-16-26(12-19(32)13-26)25-29-21-5-3-2-4-20(21)23(33)30-25/h2-7,14,17,19H,8-13,15-16H2,1H3,(H,27,34)(H,29,30,33). The van der Waals surface area contributed by atoms with Gasteiger partial charge in [-0.15, -0.1) is 0 Å². The van der Waals surface area contributed by atoms with Crippen molar-refractivity contribution in [3.05, 3.63) is 64.5 Å². The van der Waals surface area contributed by atoms with Crippen LogP contribution in [0.2, 0.25) is 0 Å². The lowest BCUT2D eigenvalue weighted by Crippen LogP contribution is -2.41. The third-order valence-corrected chi connectivity index (χ3v) is 8.07. The number of hydrogen-bond acceptors (Lipinski definition) is 6. The van der Waals surface area contributed by atoms with Crippen molar-refractivity contribution < 1.29 is 4.79 Å². The SMILES string of the molecule is CNC(=O)c1ccc(N2CCC(CN3CC4(c5nc6ccccc6c(=O)[nH]5)CC3C4)CC2)cn1. The molecule has 2 aromatic heterocycles. The van der Waals surface area contributed by atoms with E-state index in [-0.39, 0.29) is 16.9 Å². The zero-order valence-electron chi connectivity index (χ0n) is 19.5. The van der Waals surface area contributed by atoms with Crippen LogP contribution in [0.4, 0.5) is 5.69 Å². The van der Waals surface area contributed by atoms with E-state index in [1.165, 1.54) is 0 Å². The first-order chi connectivity index (χ1) is 16.5. The molecule has 7 rings (SSSR count). The normalized spacial score (nSPS) is 24.9. The van der Waals surface area contributed by atoms with E-state index in [2.05, 4.69) is 25.1 Å². The summed E-state index contributed by atoms with van der Waals surface area (Å²) in [5.41, 5.74) is 2.31. The molecule has 4 aliphatic rings. The van der Waals surface area contributed by atoms with Crippen LogP contribution in [-0.2, 0) is 5.41 Å². The Labute approximate surface area is 198 Å². The van der Waals surface area contributed by atoms with Gasteiger partial charge >= 0.3 is 0 Å². The number of aromatic amines is 1. The molecule has 2 N–H and O–H groups in total. The molecule has 8 heteroatoms. The molecule has 1 amide bonds. The quantitative estimate of drug-likeness (QED) is 0.609. The summed E-state index contributed by atoms with van der Waals surface area (Å²) in [6.45, 7) is 4.12. The first-order valence-electron chi connectivity index (χ1n) is 12.2. The molecule has 0 atom stereocenters. The van der Waals surface area contributed by atoms with Crippen LogP contribution in [0.1, 0.15) is 42.0 Å². The number of amides is 1. The molecule has 5 heterocycles. The molecule has 176 valence electrons. The third kappa shape index (κ3) is 3.57. The van der Waals surface area contributed by atoms with Gasteiger partial charge < -0.3 is 15.2 Å². The molecule has 3 saturated heterocycles. The number of benzene rings is 1. The Morgan fingerprint density at radius 2 is 1.97 bits per heavy atom. The predicted octanol–water partition coefficient (Wildman–Crippen LogP) is 2.31. The van der Waals surface area contributed by atoms with E-state index in [1.54, 1.807) is 19.3 Å². The van der Waals surface area contributed by atoms with E-state index in [1.807, 2.05) is 30.3 Å². The second-order valence-corrected chi connectivity index (χ2v) is 10.1. The van der Waals surface area contributed by atoms with Gasteiger partial charge in [-0.3, -0.25) is 14.5 Å². The van der Waals surface area contributed by atoms with Gasteiger partial charge in [0.05, 0.1) is 22.8 Å². The molecule has 3 aliphatic heterocycles. The number of carbonyl (C=O) groups excluding carboxylic acids is 1. The summed E-state index contributed by atoms with van der Waals surface area (Å²) in [5, 5.41) is 3.28. The first-order valence-corrected chi connectivity index (χ1v) is 12.2. The summed E-state index contributed by atoms with van der Waals surface area (Å²) < 4.78 is 0. The molecule has 34 heavy (non-hydrogen) atoms. The van der Waals surface area contributed by atoms with E-state index in [0.717, 1.165) is 68.9 Å². The maximum Gasteiger partial charge on any atom is 0.269 e. The number of hydrogen-bond donors (Lipinski definition) is 2. The number of anilines is 1. The van der Waals surface area contributed by atoms with Crippen molar-refractivity contribution in [3.8, 4) is 0 Å². The van der Waals surface area contributed by atoms with E-state index in [9.17, 15) is 9.59 Å². The van der Waals surface area contributed by atoms with Crippen molar-refractivity contribution in [1.82, 2.24) is 25.2 Å². The molecule has 1 aliphatic carbocycles. The van der Waals surface area contributed by atoms with Gasteiger partial charge in [0.2, 0.25) is 0 Å². The van der Waals surface area contributed by atoms with E-state index >= 15 is 0 Å². The number of nitrogens with zero attached hydrogens (tertiary/aromatic N) is 4. The smallest absolute Gasteiger partial charge is 0.269 e. The topological polar surface area (TPSA) is 94.2 Å². The van der Waals surface area contributed by atoms with Crippen LogP contribution >= 0.6 is 0 Å². The Morgan fingerprint density at radius 1 is 1.18 bits per heavy atom. The number of pyridine rings is 1. The second kappa shape index (κ2) is 8.20. The van der Waals surface area contributed by atoms with Crippen molar-refractivity contribution in [1.29, 1.82) is 0 Å². The van der Waals surface area contributed by atoms with Crippen LogP contribution in [0.25, 0.3) is 10.9 Å². The van der Waals surface area contributed by atoms with Gasteiger partial charge in [0.25, 0.3) is 11.5 Å². The van der Waals surface area contributed by atoms with Gasteiger partial charge in [-0.1, -0.05) is 12.1 Å². The lowest BCUT2D eigenvalue weighted by molar-refractivity contribution is 0.0958. The summed E-state index contributed by atoms with van der Waals surface area (Å²) in [4.78, 5) is 41.6. The van der Waals surface area contributed by atoms with Gasteiger partial charge in [-0.25, -0.2) is 9.97 Å². The second-order valence-electron chi connectivity index (χ2n) is 10.1. The largest absolute Gasteiger partial charge is 0.370 e. The summed E-state index contributed by atoms with van der Waals surface area (Å²) in [5.74, 6) is 1.39. The fourth-order valence-corrected chi connectivity index (χ4v) is 6.11. The third-order valence-electron chi connectivity index (χ3n) is 8.07. The summed E-state index contributed by atoms with van der Waals surface area (Å²) >= 11 is 0. The molecule has 3 aromatic rings. The zero-order chi connectivity index (χ0) is 23.3. The maximum atomic E-state index is 12.6. The minimum Gasteiger partial charge on any atom is -0.370 e. The van der Waals surface area contributed by atoms with Crippen LogP contribution in [-0.4, -0.2) is 65.0 Å². The molecule has 1 aromatic carbocycles. The van der Waals surface area contributed by atoms with E-state index in [4.69, 9.17) is 4.98 Å². The van der Waals surface area contributed by atoms with Gasteiger partial charge in [0.1, 0.15) is 11.5 Å². The molecular weight excluding hydrogens is 428 g/mol. The summed E-state index contributed by atoms with van der Waals surface area (Å²) in [7, 11) is 1.62. The minimum atomic E-state index is -0.157. The molecular formula is C26H30N6O2. The van der Waals surface area contributed by atoms with Crippen LogP contribution in [0, 0.1) is 5.92 Å². The average molecular weight is 459 g/mol. The highest BCUT2D eigenvalue weighted by molar-refractivity contribution is 5.92.